The van der Waals surface area contributed by atoms with Crippen molar-refractivity contribution in [2.75, 3.05) is 6.61 Å². The quantitative estimate of drug-likeness (QED) is 0.598. The average molecular weight is 503 g/mol. The number of carbonyl (C=O) groups excluding carboxylic acids is 1. The van der Waals surface area contributed by atoms with Crippen LogP contribution in [-0.2, 0) is 25.6 Å². The van der Waals surface area contributed by atoms with Crippen molar-refractivity contribution in [3.05, 3.63) is 59.2 Å². The van der Waals surface area contributed by atoms with Crippen molar-refractivity contribution >= 4 is 15.7 Å². The summed E-state index contributed by atoms with van der Waals surface area (Å²) in [7, 11) is -4.50. The van der Waals surface area contributed by atoms with Crippen LogP contribution in [0.2, 0.25) is 0 Å². The summed E-state index contributed by atoms with van der Waals surface area (Å²) in [5.74, 6) is -3.81. The number of halogens is 5. The molecule has 0 saturated heterocycles. The van der Waals surface area contributed by atoms with Crippen LogP contribution >= 0.6 is 0 Å². The second-order valence-corrected chi connectivity index (χ2v) is 11.0. The fourth-order valence-corrected chi connectivity index (χ4v) is 7.61. The molecule has 0 spiro atoms. The maximum atomic E-state index is 15.2. The van der Waals surface area contributed by atoms with Crippen molar-refractivity contribution in [3.8, 4) is 5.75 Å². The Kier molecular flexibility index (Phi) is 6.12. The van der Waals surface area contributed by atoms with Gasteiger partial charge in [0.25, 0.3) is 0 Å². The van der Waals surface area contributed by atoms with Gasteiger partial charge in [0, 0.05) is 12.3 Å². The molecule has 0 bridgehead atoms. The van der Waals surface area contributed by atoms with E-state index in [2.05, 4.69) is 0 Å². The lowest BCUT2D eigenvalue weighted by Crippen LogP contribution is -2.52. The number of sulfone groups is 1. The van der Waals surface area contributed by atoms with Gasteiger partial charge in [-0.05, 0) is 68.0 Å². The molecule has 2 aromatic carbocycles. The van der Waals surface area contributed by atoms with E-state index in [4.69, 9.17) is 10.5 Å². The zero-order valence-corrected chi connectivity index (χ0v) is 18.7. The first-order valence-corrected chi connectivity index (χ1v) is 12.2. The van der Waals surface area contributed by atoms with Gasteiger partial charge in [-0.25, -0.2) is 17.2 Å². The van der Waals surface area contributed by atoms with E-state index in [9.17, 15) is 30.8 Å². The van der Waals surface area contributed by atoms with Gasteiger partial charge >= 0.3 is 6.18 Å². The maximum Gasteiger partial charge on any atom is 0.416 e. The summed E-state index contributed by atoms with van der Waals surface area (Å²) in [4.78, 5) is 10.8. The zero-order chi connectivity index (χ0) is 24.9. The van der Waals surface area contributed by atoms with Crippen LogP contribution in [0.5, 0.6) is 5.75 Å². The summed E-state index contributed by atoms with van der Waals surface area (Å²) >= 11 is 0. The third-order valence-electron chi connectivity index (χ3n) is 6.88. The minimum Gasteiger partial charge on any atom is -0.490 e. The molecule has 2 aromatic rings. The fourth-order valence-electron chi connectivity index (χ4n) is 5.25. The molecule has 34 heavy (non-hydrogen) atoms. The first-order valence-electron chi connectivity index (χ1n) is 10.7. The summed E-state index contributed by atoms with van der Waals surface area (Å²) < 4.78 is 100. The zero-order valence-electron chi connectivity index (χ0n) is 17.9. The number of nitrogens with two attached hydrogens (primary N) is 1. The molecule has 11 heteroatoms. The number of benzene rings is 2. The Morgan fingerprint density at radius 2 is 1.74 bits per heavy atom. The molecule has 0 unspecified atom stereocenters. The summed E-state index contributed by atoms with van der Waals surface area (Å²) in [6, 6.07) is 4.65. The third-order valence-corrected chi connectivity index (χ3v) is 9.48. The predicted octanol–water partition coefficient (Wildman–Crippen LogP) is 4.73. The molecule has 1 heterocycles. The highest BCUT2D eigenvalue weighted by molar-refractivity contribution is 7.92. The highest BCUT2D eigenvalue weighted by Gasteiger charge is 2.59. The van der Waals surface area contributed by atoms with Crippen molar-refractivity contribution < 1.29 is 39.9 Å². The molecule has 1 aliphatic carbocycles. The van der Waals surface area contributed by atoms with Gasteiger partial charge in [0.05, 0.1) is 22.6 Å². The lowest BCUT2D eigenvalue weighted by Gasteiger charge is -2.49. The van der Waals surface area contributed by atoms with E-state index in [-0.39, 0.29) is 38.2 Å². The Hall–Kier alpha value is -2.69. The number of fused-ring (bicyclic) bond motifs is 3. The molecule has 0 radical (unpaired) electrons. The number of alkyl halides is 3. The SMILES string of the molecule is NC(=O)CC[C@@H]1CC[C@@]2(S(=O)(=O)c3ccc(C(F)(F)F)cc3)c3c(F)ccc(F)c3OC[C@H]2C1. The Bertz CT molecular complexity index is 1210. The van der Waals surface area contributed by atoms with Crippen LogP contribution in [0.4, 0.5) is 22.0 Å². The first kappa shape index (κ1) is 24.4. The van der Waals surface area contributed by atoms with E-state index >= 15 is 4.39 Å². The summed E-state index contributed by atoms with van der Waals surface area (Å²) in [5.41, 5.74) is 3.76. The average Bonchev–Trinajstić information content (AvgIpc) is 2.78. The highest BCUT2D eigenvalue weighted by atomic mass is 32.2. The van der Waals surface area contributed by atoms with Gasteiger partial charge in [-0.1, -0.05) is 0 Å². The van der Waals surface area contributed by atoms with Crippen molar-refractivity contribution in [2.45, 2.75) is 47.9 Å². The van der Waals surface area contributed by atoms with Gasteiger partial charge in [0.2, 0.25) is 5.91 Å². The Labute approximate surface area is 193 Å². The molecular formula is C23H22F5NO4S. The Morgan fingerprint density at radius 1 is 1.09 bits per heavy atom. The lowest BCUT2D eigenvalue weighted by molar-refractivity contribution is -0.137. The summed E-state index contributed by atoms with van der Waals surface area (Å²) in [6.07, 6.45) is -3.76. The van der Waals surface area contributed by atoms with Crippen LogP contribution in [0.25, 0.3) is 0 Å². The molecule has 3 atom stereocenters. The largest absolute Gasteiger partial charge is 0.490 e. The minimum absolute atomic E-state index is 0.0937. The summed E-state index contributed by atoms with van der Waals surface area (Å²) in [5, 5.41) is 0. The first-order chi connectivity index (χ1) is 15.9. The number of hydrogen-bond donors (Lipinski definition) is 1. The Morgan fingerprint density at radius 3 is 2.35 bits per heavy atom. The van der Waals surface area contributed by atoms with Gasteiger partial charge < -0.3 is 10.5 Å². The van der Waals surface area contributed by atoms with E-state index in [1.54, 1.807) is 0 Å². The predicted molar refractivity (Wildman–Crippen MR) is 111 cm³/mol. The lowest BCUT2D eigenvalue weighted by atomic mass is 9.68. The molecule has 2 N–H and O–H groups in total. The topological polar surface area (TPSA) is 86.5 Å². The number of hydrogen-bond acceptors (Lipinski definition) is 4. The Balaban J connectivity index is 1.85. The second-order valence-electron chi connectivity index (χ2n) is 8.80. The molecule has 1 amide bonds. The fraction of sp³-hybridized carbons (Fsp3) is 0.435. The van der Waals surface area contributed by atoms with Gasteiger partial charge in [0.1, 0.15) is 10.6 Å². The van der Waals surface area contributed by atoms with Gasteiger partial charge in [-0.15, -0.1) is 0 Å². The number of ether oxygens (including phenoxy) is 1. The van der Waals surface area contributed by atoms with Crippen molar-refractivity contribution in [2.24, 2.45) is 17.6 Å². The van der Waals surface area contributed by atoms with E-state index < -0.39 is 66.0 Å². The maximum absolute atomic E-state index is 15.2. The van der Waals surface area contributed by atoms with E-state index in [1.807, 2.05) is 0 Å². The number of primary amides is 1. The minimum atomic E-state index is -4.66. The number of amides is 1. The molecule has 1 fully saturated rings. The normalized spacial score (nSPS) is 24.6. The van der Waals surface area contributed by atoms with Gasteiger partial charge in [-0.3, -0.25) is 4.79 Å². The summed E-state index contributed by atoms with van der Waals surface area (Å²) in [6.45, 7) is -0.222. The monoisotopic (exact) mass is 503 g/mol. The smallest absolute Gasteiger partial charge is 0.416 e. The molecule has 1 saturated carbocycles. The van der Waals surface area contributed by atoms with Crippen LogP contribution in [0.15, 0.2) is 41.3 Å². The van der Waals surface area contributed by atoms with Crippen LogP contribution < -0.4 is 10.5 Å². The van der Waals surface area contributed by atoms with E-state index in [0.717, 1.165) is 24.3 Å². The van der Waals surface area contributed by atoms with E-state index in [0.29, 0.717) is 18.6 Å². The standard InChI is InChI=1S/C23H22F5NO4S/c24-17-6-7-18(25)21-20(17)22(10-9-13(1-8-19(29)30)11-15(22)12-33-21)34(31,32)16-4-2-14(3-5-16)23(26,27)28/h2-7,13,15H,1,8-12H2,(H2,29,30)/t13-,15-,22+/m1/s1. The highest BCUT2D eigenvalue weighted by Crippen LogP contribution is 2.58. The molecule has 1 aliphatic heterocycles. The van der Waals surface area contributed by atoms with Crippen LogP contribution in [0.3, 0.4) is 0 Å². The molecule has 5 nitrogen and oxygen atoms in total. The van der Waals surface area contributed by atoms with Crippen molar-refractivity contribution in [1.82, 2.24) is 0 Å². The molecule has 2 aliphatic rings. The molecular weight excluding hydrogens is 481 g/mol. The van der Waals surface area contributed by atoms with Crippen LogP contribution in [-0.4, -0.2) is 20.9 Å². The van der Waals surface area contributed by atoms with Gasteiger partial charge in [-0.2, -0.15) is 13.2 Å². The van der Waals surface area contributed by atoms with Crippen molar-refractivity contribution in [3.63, 3.8) is 0 Å². The second kappa shape index (κ2) is 8.51. The molecule has 184 valence electrons. The van der Waals surface area contributed by atoms with Crippen LogP contribution in [0, 0.1) is 23.5 Å². The van der Waals surface area contributed by atoms with Crippen LogP contribution in [0.1, 0.15) is 43.2 Å². The number of rotatable bonds is 5. The third kappa shape index (κ3) is 3.93. The molecule has 0 aromatic heterocycles. The molecule has 4 rings (SSSR count). The van der Waals surface area contributed by atoms with Gasteiger partial charge in [0.15, 0.2) is 21.4 Å². The van der Waals surface area contributed by atoms with E-state index in [1.165, 1.54) is 0 Å². The number of carbonyl (C=O) groups is 1. The van der Waals surface area contributed by atoms with Crippen molar-refractivity contribution in [1.29, 1.82) is 0 Å².